The van der Waals surface area contributed by atoms with Gasteiger partial charge in [-0.3, -0.25) is 16.1 Å². The highest BCUT2D eigenvalue weighted by Crippen LogP contribution is 2.08. The fourth-order valence-corrected chi connectivity index (χ4v) is 1.24. The second kappa shape index (κ2) is 5.93. The number of aryl methyl sites for hydroxylation is 1. The van der Waals surface area contributed by atoms with Crippen molar-refractivity contribution in [3.63, 3.8) is 0 Å². The lowest BCUT2D eigenvalue weighted by molar-refractivity contribution is 0.562. The normalized spacial score (nSPS) is 9.82. The third kappa shape index (κ3) is 4.18. The molecule has 0 radical (unpaired) electrons. The Labute approximate surface area is 101 Å². The van der Waals surface area contributed by atoms with Gasteiger partial charge >= 0.3 is 0 Å². The maximum absolute atomic E-state index is 7.58. The molecule has 1 aromatic rings. The van der Waals surface area contributed by atoms with Gasteiger partial charge in [0, 0.05) is 20.6 Å². The quantitative estimate of drug-likeness (QED) is 0.461. The summed E-state index contributed by atoms with van der Waals surface area (Å²) in [5, 5.41) is 20.6. The van der Waals surface area contributed by atoms with Crippen LogP contribution in [-0.4, -0.2) is 37.5 Å². The van der Waals surface area contributed by atoms with Crippen molar-refractivity contribution in [2.75, 3.05) is 20.6 Å². The van der Waals surface area contributed by atoms with Gasteiger partial charge in [0.05, 0.1) is 12.5 Å². The van der Waals surface area contributed by atoms with Gasteiger partial charge in [-0.05, 0) is 24.5 Å². The molecule has 0 aliphatic heterocycles. The molecule has 0 fully saturated rings. The van der Waals surface area contributed by atoms with Crippen LogP contribution in [0, 0.1) is 17.7 Å². The van der Waals surface area contributed by atoms with Crippen molar-refractivity contribution in [1.82, 2.24) is 15.5 Å². The summed E-state index contributed by atoms with van der Waals surface area (Å²) in [7, 11) is 3.49. The summed E-state index contributed by atoms with van der Waals surface area (Å²) in [6.07, 6.45) is 4.22. The first-order valence-corrected chi connectivity index (χ1v) is 5.37. The Hall–Kier alpha value is -1.98. The number of hydrogen-bond acceptors (Lipinski definition) is 3. The van der Waals surface area contributed by atoms with E-state index in [1.165, 1.54) is 0 Å². The smallest absolute Gasteiger partial charge is 0.197 e. The molecule has 0 aromatic carbocycles. The van der Waals surface area contributed by atoms with E-state index in [-0.39, 0.29) is 11.9 Å². The van der Waals surface area contributed by atoms with E-state index in [4.69, 9.17) is 15.2 Å². The fraction of sp³-hybridized carbons (Fsp3) is 0.455. The van der Waals surface area contributed by atoms with Gasteiger partial charge in [0.2, 0.25) is 0 Å². The van der Waals surface area contributed by atoms with Gasteiger partial charge in [-0.25, -0.2) is 0 Å². The molecule has 0 saturated heterocycles. The van der Waals surface area contributed by atoms with E-state index in [0.29, 0.717) is 6.54 Å². The predicted molar refractivity (Wildman–Crippen MR) is 67.4 cm³/mol. The fourth-order valence-electron chi connectivity index (χ4n) is 1.24. The summed E-state index contributed by atoms with van der Waals surface area (Å²) in [6, 6.07) is 0. The lowest BCUT2D eigenvalue weighted by Gasteiger charge is -2.16. The van der Waals surface area contributed by atoms with Gasteiger partial charge in [0.25, 0.3) is 0 Å². The average molecular weight is 237 g/mol. The van der Waals surface area contributed by atoms with Crippen molar-refractivity contribution < 1.29 is 4.42 Å². The molecular formula is C11H19N5O. The molecule has 1 rings (SSSR count). The van der Waals surface area contributed by atoms with Crippen molar-refractivity contribution in [1.29, 1.82) is 10.8 Å². The second-order valence-electron chi connectivity index (χ2n) is 4.00. The number of furan rings is 1. The lowest BCUT2D eigenvalue weighted by atomic mass is 10.1. The van der Waals surface area contributed by atoms with Crippen LogP contribution in [0.15, 0.2) is 16.9 Å². The minimum absolute atomic E-state index is 0.129. The zero-order chi connectivity index (χ0) is 12.8. The Balaban J connectivity index is 2.25. The molecule has 94 valence electrons. The predicted octanol–water partition coefficient (Wildman–Crippen LogP) is 0.741. The summed E-state index contributed by atoms with van der Waals surface area (Å²) in [4.78, 5) is 1.59. The highest BCUT2D eigenvalue weighted by atomic mass is 16.3. The van der Waals surface area contributed by atoms with Crippen LogP contribution in [-0.2, 0) is 6.42 Å². The van der Waals surface area contributed by atoms with E-state index < -0.39 is 0 Å². The average Bonchev–Trinajstić information content (AvgIpc) is 2.64. The van der Waals surface area contributed by atoms with Crippen molar-refractivity contribution in [3.8, 4) is 0 Å². The third-order valence-corrected chi connectivity index (χ3v) is 2.35. The van der Waals surface area contributed by atoms with Gasteiger partial charge in [-0.1, -0.05) is 0 Å². The number of rotatable bonds is 3. The molecule has 0 amide bonds. The number of guanidine groups is 2. The molecule has 0 aliphatic rings. The lowest BCUT2D eigenvalue weighted by Crippen LogP contribution is -2.45. The number of nitrogens with zero attached hydrogens (tertiary/aromatic N) is 1. The first-order chi connectivity index (χ1) is 8.00. The molecule has 0 aliphatic carbocycles. The maximum atomic E-state index is 7.58. The SMILES string of the molecule is Cc1cocc1CCNC(=N)NC(=N)N(C)C. The van der Waals surface area contributed by atoms with Crippen molar-refractivity contribution >= 4 is 11.9 Å². The van der Waals surface area contributed by atoms with Crippen LogP contribution in [0.25, 0.3) is 0 Å². The molecular weight excluding hydrogens is 218 g/mol. The minimum Gasteiger partial charge on any atom is -0.472 e. The van der Waals surface area contributed by atoms with Gasteiger partial charge in [0.1, 0.15) is 0 Å². The highest BCUT2D eigenvalue weighted by molar-refractivity contribution is 5.95. The molecule has 0 bridgehead atoms. The van der Waals surface area contributed by atoms with Crippen molar-refractivity contribution in [3.05, 3.63) is 23.7 Å². The van der Waals surface area contributed by atoms with Gasteiger partial charge < -0.3 is 14.6 Å². The molecule has 0 atom stereocenters. The Morgan fingerprint density at radius 2 is 2.06 bits per heavy atom. The monoisotopic (exact) mass is 237 g/mol. The van der Waals surface area contributed by atoms with E-state index in [0.717, 1.165) is 17.5 Å². The highest BCUT2D eigenvalue weighted by Gasteiger charge is 2.03. The van der Waals surface area contributed by atoms with Crippen LogP contribution < -0.4 is 10.6 Å². The topological polar surface area (TPSA) is 88.1 Å². The third-order valence-electron chi connectivity index (χ3n) is 2.35. The minimum atomic E-state index is 0.129. The van der Waals surface area contributed by atoms with Gasteiger partial charge in [0.15, 0.2) is 11.9 Å². The number of nitrogens with one attached hydrogen (secondary N) is 4. The van der Waals surface area contributed by atoms with E-state index in [1.54, 1.807) is 31.5 Å². The Morgan fingerprint density at radius 3 is 2.59 bits per heavy atom. The maximum Gasteiger partial charge on any atom is 0.197 e. The molecule has 17 heavy (non-hydrogen) atoms. The first-order valence-electron chi connectivity index (χ1n) is 5.37. The summed E-state index contributed by atoms with van der Waals surface area (Å²) in [6.45, 7) is 2.62. The van der Waals surface area contributed by atoms with Gasteiger partial charge in [-0.2, -0.15) is 0 Å². The molecule has 1 aromatic heterocycles. The number of hydrogen-bond donors (Lipinski definition) is 4. The van der Waals surface area contributed by atoms with Crippen LogP contribution in [0.4, 0.5) is 0 Å². The van der Waals surface area contributed by atoms with E-state index >= 15 is 0 Å². The van der Waals surface area contributed by atoms with Crippen molar-refractivity contribution in [2.24, 2.45) is 0 Å². The molecule has 0 unspecified atom stereocenters. The Morgan fingerprint density at radius 1 is 1.35 bits per heavy atom. The molecule has 1 heterocycles. The van der Waals surface area contributed by atoms with Crippen LogP contribution in [0.5, 0.6) is 0 Å². The van der Waals surface area contributed by atoms with E-state index in [9.17, 15) is 0 Å². The second-order valence-corrected chi connectivity index (χ2v) is 4.00. The van der Waals surface area contributed by atoms with Crippen LogP contribution in [0.3, 0.4) is 0 Å². The van der Waals surface area contributed by atoms with Gasteiger partial charge in [-0.15, -0.1) is 0 Å². The van der Waals surface area contributed by atoms with Crippen LogP contribution >= 0.6 is 0 Å². The van der Waals surface area contributed by atoms with Crippen LogP contribution in [0.2, 0.25) is 0 Å². The summed E-state index contributed by atoms with van der Waals surface area (Å²) in [5.74, 6) is 0.312. The molecule has 4 N–H and O–H groups in total. The molecule has 6 heteroatoms. The van der Waals surface area contributed by atoms with E-state index in [1.807, 2.05) is 6.92 Å². The molecule has 0 saturated carbocycles. The summed E-state index contributed by atoms with van der Waals surface area (Å²) >= 11 is 0. The van der Waals surface area contributed by atoms with E-state index in [2.05, 4.69) is 10.6 Å². The largest absolute Gasteiger partial charge is 0.472 e. The molecule has 6 nitrogen and oxygen atoms in total. The standard InChI is InChI=1S/C11H19N5O/c1-8-6-17-7-9(8)4-5-14-10(12)15-11(13)16(2)3/h6-7H,4-5H2,1-3H3,(H4,12,13,14,15). The Kier molecular flexibility index (Phi) is 4.56. The van der Waals surface area contributed by atoms with Crippen molar-refractivity contribution in [2.45, 2.75) is 13.3 Å². The summed E-state index contributed by atoms with van der Waals surface area (Å²) in [5.41, 5.74) is 2.25. The zero-order valence-corrected chi connectivity index (χ0v) is 10.4. The Bertz CT molecular complexity index is 396. The molecule has 0 spiro atoms. The van der Waals surface area contributed by atoms with Crippen LogP contribution in [0.1, 0.15) is 11.1 Å². The summed E-state index contributed by atoms with van der Waals surface area (Å²) < 4.78 is 5.06. The zero-order valence-electron chi connectivity index (χ0n) is 10.4. The first kappa shape index (κ1) is 13.1.